The Hall–Kier alpha value is -1.99. The summed E-state index contributed by atoms with van der Waals surface area (Å²) < 4.78 is 5.31. The Bertz CT molecular complexity index is 702. The van der Waals surface area contributed by atoms with Gasteiger partial charge in [-0.25, -0.2) is 0 Å². The van der Waals surface area contributed by atoms with Gasteiger partial charge >= 0.3 is 0 Å². The van der Waals surface area contributed by atoms with Gasteiger partial charge < -0.3 is 14.5 Å². The molecule has 2 heterocycles. The number of hydrogen-bond donors (Lipinski definition) is 1. The van der Waals surface area contributed by atoms with Crippen LogP contribution in [0.15, 0.2) is 23.1 Å². The molecule has 2 saturated heterocycles. The number of imide groups is 1. The Kier molecular flexibility index (Phi) is 4.82. The number of nitrogens with one attached hydrogen (secondary N) is 1. The van der Waals surface area contributed by atoms with Gasteiger partial charge in [-0.15, -0.1) is 0 Å². The van der Waals surface area contributed by atoms with Crippen LogP contribution in [0, 0.1) is 0 Å². The van der Waals surface area contributed by atoms with E-state index in [1.54, 1.807) is 13.2 Å². The summed E-state index contributed by atoms with van der Waals surface area (Å²) in [6, 6.07) is 6.36. The zero-order chi connectivity index (χ0) is 17.3. The normalized spacial score (nSPS) is 22.6. The molecule has 24 heavy (non-hydrogen) atoms. The Morgan fingerprint density at radius 3 is 2.75 bits per heavy atom. The van der Waals surface area contributed by atoms with Gasteiger partial charge in [0.25, 0.3) is 11.1 Å². The molecule has 1 aromatic rings. The topological polar surface area (TPSA) is 61.9 Å². The summed E-state index contributed by atoms with van der Waals surface area (Å²) in [7, 11) is 5.80. The largest absolute Gasteiger partial charge is 0.497 e. The molecule has 2 amide bonds. The van der Waals surface area contributed by atoms with Gasteiger partial charge in [0.05, 0.1) is 12.0 Å². The average molecular weight is 347 g/mol. The fourth-order valence-electron chi connectivity index (χ4n) is 3.01. The minimum absolute atomic E-state index is 0.329. The van der Waals surface area contributed by atoms with Gasteiger partial charge in [0.1, 0.15) is 5.75 Å². The molecule has 128 valence electrons. The summed E-state index contributed by atoms with van der Waals surface area (Å²) in [6.45, 7) is 1.90. The first-order valence-corrected chi connectivity index (χ1v) is 8.64. The predicted molar refractivity (Wildman–Crippen MR) is 96.4 cm³/mol. The number of amides is 2. The number of benzene rings is 1. The predicted octanol–water partition coefficient (Wildman–Crippen LogP) is 2.16. The maximum atomic E-state index is 11.8. The molecule has 0 spiro atoms. The van der Waals surface area contributed by atoms with E-state index in [2.05, 4.69) is 29.2 Å². The molecule has 1 N–H and O–H groups in total. The van der Waals surface area contributed by atoms with Gasteiger partial charge in [0.15, 0.2) is 0 Å². The van der Waals surface area contributed by atoms with Crippen LogP contribution in [-0.2, 0) is 4.79 Å². The van der Waals surface area contributed by atoms with E-state index >= 15 is 0 Å². The maximum Gasteiger partial charge on any atom is 0.290 e. The second-order valence-electron chi connectivity index (χ2n) is 6.13. The third kappa shape index (κ3) is 3.42. The van der Waals surface area contributed by atoms with E-state index in [-0.39, 0.29) is 11.1 Å². The molecule has 2 aliphatic heterocycles. The summed E-state index contributed by atoms with van der Waals surface area (Å²) in [5.41, 5.74) is 1.95. The van der Waals surface area contributed by atoms with Crippen LogP contribution < -0.4 is 15.0 Å². The molecule has 7 heteroatoms. The minimum Gasteiger partial charge on any atom is -0.497 e. The molecule has 0 aromatic heterocycles. The van der Waals surface area contributed by atoms with Crippen LogP contribution in [0.4, 0.5) is 10.5 Å². The number of likely N-dealkylation sites (N-methyl/N-ethyl adjacent to an activating group) is 1. The quantitative estimate of drug-likeness (QED) is 0.842. The molecule has 0 bridgehead atoms. The zero-order valence-corrected chi connectivity index (χ0v) is 14.9. The van der Waals surface area contributed by atoms with E-state index < -0.39 is 0 Å². The minimum atomic E-state index is -0.341. The molecule has 0 radical (unpaired) electrons. The first-order valence-electron chi connectivity index (χ1n) is 7.82. The van der Waals surface area contributed by atoms with E-state index in [4.69, 9.17) is 4.74 Å². The number of ether oxygens (including phenoxy) is 1. The number of rotatable bonds is 4. The van der Waals surface area contributed by atoms with Gasteiger partial charge in [0.2, 0.25) is 0 Å². The molecule has 0 saturated carbocycles. The average Bonchev–Trinajstić information content (AvgIpc) is 3.14. The molecule has 3 rings (SSSR count). The molecule has 0 aliphatic carbocycles. The number of methoxy groups -OCH3 is 1. The van der Waals surface area contributed by atoms with Crippen molar-refractivity contribution in [3.05, 3.63) is 28.7 Å². The smallest absolute Gasteiger partial charge is 0.290 e. The van der Waals surface area contributed by atoms with Crippen molar-refractivity contribution >= 4 is 34.7 Å². The van der Waals surface area contributed by atoms with Crippen LogP contribution in [0.25, 0.3) is 6.08 Å². The van der Waals surface area contributed by atoms with Crippen LogP contribution in [0.1, 0.15) is 12.0 Å². The highest BCUT2D eigenvalue weighted by atomic mass is 32.2. The first kappa shape index (κ1) is 16.9. The summed E-state index contributed by atoms with van der Waals surface area (Å²) in [4.78, 5) is 28.2. The summed E-state index contributed by atoms with van der Waals surface area (Å²) >= 11 is 0.933. The fourth-order valence-corrected chi connectivity index (χ4v) is 3.68. The zero-order valence-electron chi connectivity index (χ0n) is 14.0. The third-order valence-corrected chi connectivity index (χ3v) is 5.21. The monoisotopic (exact) mass is 347 g/mol. The molecule has 2 aliphatic rings. The summed E-state index contributed by atoms with van der Waals surface area (Å²) in [6.07, 6.45) is 2.87. The Balaban J connectivity index is 1.94. The van der Waals surface area contributed by atoms with Crippen LogP contribution in [-0.4, -0.2) is 56.4 Å². The number of nitrogens with zero attached hydrogens (tertiary/aromatic N) is 2. The van der Waals surface area contributed by atoms with Crippen molar-refractivity contribution < 1.29 is 14.3 Å². The molecular weight excluding hydrogens is 326 g/mol. The lowest BCUT2D eigenvalue weighted by Gasteiger charge is -2.23. The Morgan fingerprint density at radius 1 is 1.38 bits per heavy atom. The molecule has 1 aromatic carbocycles. The highest BCUT2D eigenvalue weighted by Crippen LogP contribution is 2.33. The van der Waals surface area contributed by atoms with Gasteiger partial charge in [-0.2, -0.15) is 0 Å². The second-order valence-corrected chi connectivity index (χ2v) is 7.14. The van der Waals surface area contributed by atoms with E-state index in [0.717, 1.165) is 48.3 Å². The van der Waals surface area contributed by atoms with Gasteiger partial charge in [-0.3, -0.25) is 14.9 Å². The van der Waals surface area contributed by atoms with E-state index in [1.807, 2.05) is 18.2 Å². The SMILES string of the molecule is COc1ccc(N2CC[C@H](N(C)C)C2)c(C=C2SC(=O)NC2=O)c1. The van der Waals surface area contributed by atoms with Gasteiger partial charge in [-0.1, -0.05) is 0 Å². The Labute approximate surface area is 145 Å². The summed E-state index contributed by atoms with van der Waals surface area (Å²) in [5, 5.41) is 1.96. The lowest BCUT2D eigenvalue weighted by atomic mass is 10.1. The van der Waals surface area contributed by atoms with Crippen LogP contribution in [0.2, 0.25) is 0 Å². The first-order chi connectivity index (χ1) is 11.5. The van der Waals surface area contributed by atoms with Crippen molar-refractivity contribution in [3.8, 4) is 5.75 Å². The lowest BCUT2D eigenvalue weighted by molar-refractivity contribution is -0.115. The highest BCUT2D eigenvalue weighted by Gasteiger charge is 2.28. The summed E-state index contributed by atoms with van der Waals surface area (Å²) in [5.74, 6) is 0.384. The number of hydrogen-bond acceptors (Lipinski definition) is 6. The molecule has 0 unspecified atom stereocenters. The van der Waals surface area contributed by atoms with Crippen molar-refractivity contribution in [1.29, 1.82) is 0 Å². The second kappa shape index (κ2) is 6.86. The highest BCUT2D eigenvalue weighted by molar-refractivity contribution is 8.18. The van der Waals surface area contributed by atoms with Crippen molar-refractivity contribution in [3.63, 3.8) is 0 Å². The van der Waals surface area contributed by atoms with E-state index in [9.17, 15) is 9.59 Å². The van der Waals surface area contributed by atoms with E-state index in [0.29, 0.717) is 10.9 Å². The van der Waals surface area contributed by atoms with Crippen molar-refractivity contribution in [2.24, 2.45) is 0 Å². The van der Waals surface area contributed by atoms with Crippen molar-refractivity contribution in [2.75, 3.05) is 39.2 Å². The van der Waals surface area contributed by atoms with Crippen molar-refractivity contribution in [1.82, 2.24) is 10.2 Å². The van der Waals surface area contributed by atoms with Crippen molar-refractivity contribution in [2.45, 2.75) is 12.5 Å². The number of anilines is 1. The number of carbonyl (C=O) groups excluding carboxylic acids is 2. The number of carbonyl (C=O) groups is 2. The van der Waals surface area contributed by atoms with Crippen LogP contribution >= 0.6 is 11.8 Å². The molecule has 2 fully saturated rings. The van der Waals surface area contributed by atoms with Gasteiger partial charge in [0, 0.05) is 30.4 Å². The maximum absolute atomic E-state index is 11.8. The Morgan fingerprint density at radius 2 is 2.17 bits per heavy atom. The molecule has 6 nitrogen and oxygen atoms in total. The molecule has 1 atom stereocenters. The van der Waals surface area contributed by atoms with E-state index in [1.165, 1.54) is 0 Å². The van der Waals surface area contributed by atoms with Crippen LogP contribution in [0.3, 0.4) is 0 Å². The fraction of sp³-hybridized carbons (Fsp3) is 0.412. The lowest BCUT2D eigenvalue weighted by Crippen LogP contribution is -2.31. The molecular formula is C17H21N3O3S. The third-order valence-electron chi connectivity index (χ3n) is 4.40. The van der Waals surface area contributed by atoms with Gasteiger partial charge in [-0.05, 0) is 56.6 Å². The van der Waals surface area contributed by atoms with Crippen LogP contribution in [0.5, 0.6) is 5.75 Å². The number of thioether (sulfide) groups is 1. The standard InChI is InChI=1S/C17H21N3O3S/c1-19(2)12-6-7-20(10-12)14-5-4-13(23-3)8-11(14)9-15-16(21)18-17(22)24-15/h4-5,8-9,12H,6-7,10H2,1-3H3,(H,18,21,22)/t12-/m0/s1.